The van der Waals surface area contributed by atoms with E-state index in [1.54, 1.807) is 0 Å². The Morgan fingerprint density at radius 3 is 2.74 bits per heavy atom. The summed E-state index contributed by atoms with van der Waals surface area (Å²) >= 11 is 0. The van der Waals surface area contributed by atoms with Gasteiger partial charge in [0.05, 0.1) is 5.92 Å². The van der Waals surface area contributed by atoms with Crippen LogP contribution in [0.2, 0.25) is 0 Å². The molecule has 2 unspecified atom stereocenters. The molecule has 1 aliphatic heterocycles. The maximum Gasteiger partial charge on any atom is 0.307 e. The lowest BCUT2D eigenvalue weighted by atomic mass is 9.94. The van der Waals surface area contributed by atoms with E-state index in [1.807, 2.05) is 4.90 Å². The molecule has 2 atom stereocenters. The minimum Gasteiger partial charge on any atom is -0.481 e. The molecule has 19 heavy (non-hydrogen) atoms. The molecule has 1 fully saturated rings. The highest BCUT2D eigenvalue weighted by Crippen LogP contribution is 2.19. The van der Waals surface area contributed by atoms with Gasteiger partial charge in [-0.25, -0.2) is 8.78 Å². The van der Waals surface area contributed by atoms with Crippen LogP contribution in [0.25, 0.3) is 0 Å². The number of hydrogen-bond acceptors (Lipinski definition) is 3. The molecule has 0 spiro atoms. The molecule has 0 saturated carbocycles. The third-order valence-electron chi connectivity index (χ3n) is 3.30. The standard InChI is InChI=1S/C13H16F2N2O2/c14-11-2-1-8(3-12(11)15)5-17-6-9(13(18)19)4-10(16)7-17/h1-3,9-10H,4-7,16H2,(H,18,19). The number of nitrogens with zero attached hydrogens (tertiary/aromatic N) is 1. The van der Waals surface area contributed by atoms with Gasteiger partial charge < -0.3 is 10.8 Å². The van der Waals surface area contributed by atoms with Gasteiger partial charge in [0.25, 0.3) is 0 Å². The van der Waals surface area contributed by atoms with E-state index >= 15 is 0 Å². The van der Waals surface area contributed by atoms with Gasteiger partial charge in [0.1, 0.15) is 0 Å². The summed E-state index contributed by atoms with van der Waals surface area (Å²) in [4.78, 5) is 12.9. The third-order valence-corrected chi connectivity index (χ3v) is 3.30. The zero-order valence-electron chi connectivity index (χ0n) is 10.4. The van der Waals surface area contributed by atoms with Crippen molar-refractivity contribution in [3.8, 4) is 0 Å². The lowest BCUT2D eigenvalue weighted by molar-refractivity contribution is -0.144. The summed E-state index contributed by atoms with van der Waals surface area (Å²) in [5, 5.41) is 9.03. The molecule has 1 aliphatic rings. The molecule has 0 aliphatic carbocycles. The normalized spacial score (nSPS) is 24.4. The molecule has 4 nitrogen and oxygen atoms in total. The number of halogens is 2. The number of piperidine rings is 1. The van der Waals surface area contributed by atoms with Crippen molar-refractivity contribution in [1.29, 1.82) is 0 Å². The van der Waals surface area contributed by atoms with Gasteiger partial charge in [0.2, 0.25) is 0 Å². The molecule has 2 rings (SSSR count). The van der Waals surface area contributed by atoms with Gasteiger partial charge in [0, 0.05) is 25.7 Å². The van der Waals surface area contributed by atoms with Gasteiger partial charge >= 0.3 is 5.97 Å². The Kier molecular flexibility index (Phi) is 4.11. The molecule has 6 heteroatoms. The Bertz CT molecular complexity index is 482. The Morgan fingerprint density at radius 2 is 2.11 bits per heavy atom. The monoisotopic (exact) mass is 270 g/mol. The van der Waals surface area contributed by atoms with E-state index in [9.17, 15) is 13.6 Å². The summed E-state index contributed by atoms with van der Waals surface area (Å²) in [6, 6.07) is 3.49. The second-order valence-corrected chi connectivity index (χ2v) is 4.97. The second-order valence-electron chi connectivity index (χ2n) is 4.97. The zero-order chi connectivity index (χ0) is 14.0. The number of nitrogens with two attached hydrogens (primary N) is 1. The third kappa shape index (κ3) is 3.48. The van der Waals surface area contributed by atoms with Crippen molar-refractivity contribution < 1.29 is 18.7 Å². The van der Waals surface area contributed by atoms with Crippen LogP contribution in [0.5, 0.6) is 0 Å². The Labute approximate surface area is 109 Å². The molecule has 1 heterocycles. The van der Waals surface area contributed by atoms with Crippen LogP contribution in [0.1, 0.15) is 12.0 Å². The molecular weight excluding hydrogens is 254 g/mol. The van der Waals surface area contributed by atoms with E-state index in [2.05, 4.69) is 0 Å². The number of carbonyl (C=O) groups is 1. The fourth-order valence-electron chi connectivity index (χ4n) is 2.44. The first kappa shape index (κ1) is 13.9. The summed E-state index contributed by atoms with van der Waals surface area (Å²) in [6.07, 6.45) is 0.448. The van der Waals surface area contributed by atoms with Crippen molar-refractivity contribution in [2.24, 2.45) is 11.7 Å². The maximum absolute atomic E-state index is 13.1. The van der Waals surface area contributed by atoms with Crippen LogP contribution in [-0.2, 0) is 11.3 Å². The fraction of sp³-hybridized carbons (Fsp3) is 0.462. The molecule has 1 aromatic carbocycles. The van der Waals surface area contributed by atoms with E-state index in [1.165, 1.54) is 6.07 Å². The minimum atomic E-state index is -0.895. The van der Waals surface area contributed by atoms with Crippen molar-refractivity contribution in [2.75, 3.05) is 13.1 Å². The first-order valence-electron chi connectivity index (χ1n) is 6.10. The molecular formula is C13H16F2N2O2. The summed E-state index contributed by atoms with van der Waals surface area (Å²) in [6.45, 7) is 1.31. The molecule has 0 amide bonds. The lowest BCUT2D eigenvalue weighted by Gasteiger charge is -2.34. The van der Waals surface area contributed by atoms with Gasteiger partial charge in [-0.3, -0.25) is 9.69 Å². The van der Waals surface area contributed by atoms with Gasteiger partial charge in [-0.05, 0) is 24.1 Å². The van der Waals surface area contributed by atoms with E-state index in [-0.39, 0.29) is 6.04 Å². The highest BCUT2D eigenvalue weighted by molar-refractivity contribution is 5.70. The molecule has 0 radical (unpaired) electrons. The maximum atomic E-state index is 13.1. The topological polar surface area (TPSA) is 66.6 Å². The number of hydrogen-bond donors (Lipinski definition) is 2. The van der Waals surface area contributed by atoms with Crippen molar-refractivity contribution in [3.63, 3.8) is 0 Å². The van der Waals surface area contributed by atoms with Gasteiger partial charge in [-0.2, -0.15) is 0 Å². The molecule has 0 bridgehead atoms. The second kappa shape index (κ2) is 5.63. The van der Waals surface area contributed by atoms with Crippen LogP contribution in [0.4, 0.5) is 8.78 Å². The quantitative estimate of drug-likeness (QED) is 0.866. The van der Waals surface area contributed by atoms with Crippen LogP contribution in [0.15, 0.2) is 18.2 Å². The van der Waals surface area contributed by atoms with E-state index in [4.69, 9.17) is 10.8 Å². The molecule has 1 aromatic rings. The summed E-state index contributed by atoms with van der Waals surface area (Å²) in [7, 11) is 0. The highest BCUT2D eigenvalue weighted by atomic mass is 19.2. The van der Waals surface area contributed by atoms with Crippen molar-refractivity contribution in [1.82, 2.24) is 4.90 Å². The summed E-state index contributed by atoms with van der Waals surface area (Å²) in [5.41, 5.74) is 6.43. The lowest BCUT2D eigenvalue weighted by Crippen LogP contribution is -2.48. The number of benzene rings is 1. The smallest absolute Gasteiger partial charge is 0.307 e. The first-order valence-corrected chi connectivity index (χ1v) is 6.10. The predicted molar refractivity (Wildman–Crippen MR) is 65.4 cm³/mol. The number of carboxylic acid groups (broad SMARTS) is 1. The molecule has 0 aromatic heterocycles. The van der Waals surface area contributed by atoms with Crippen molar-refractivity contribution in [2.45, 2.75) is 19.0 Å². The minimum absolute atomic E-state index is 0.208. The average molecular weight is 270 g/mol. The van der Waals surface area contributed by atoms with Crippen LogP contribution >= 0.6 is 0 Å². The van der Waals surface area contributed by atoms with Gasteiger partial charge in [-0.15, -0.1) is 0 Å². The number of carboxylic acids is 1. The highest BCUT2D eigenvalue weighted by Gasteiger charge is 2.29. The SMILES string of the molecule is NC1CC(C(=O)O)CN(Cc2ccc(F)c(F)c2)C1. The van der Waals surface area contributed by atoms with Gasteiger partial charge in [0.15, 0.2) is 11.6 Å². The first-order chi connectivity index (χ1) is 8.95. The van der Waals surface area contributed by atoms with Crippen LogP contribution in [0, 0.1) is 17.6 Å². The van der Waals surface area contributed by atoms with E-state index < -0.39 is 23.5 Å². The number of likely N-dealkylation sites (tertiary alicyclic amines) is 1. The van der Waals surface area contributed by atoms with Crippen molar-refractivity contribution >= 4 is 5.97 Å². The summed E-state index contributed by atoms with van der Waals surface area (Å²) in [5.74, 6) is -3.16. The van der Waals surface area contributed by atoms with E-state index in [0.29, 0.717) is 31.6 Å². The van der Waals surface area contributed by atoms with Crippen molar-refractivity contribution in [3.05, 3.63) is 35.4 Å². The Balaban J connectivity index is 2.05. The van der Waals surface area contributed by atoms with Crippen LogP contribution in [-0.4, -0.2) is 35.1 Å². The Hall–Kier alpha value is -1.53. The van der Waals surface area contributed by atoms with E-state index in [0.717, 1.165) is 12.1 Å². The van der Waals surface area contributed by atoms with Crippen LogP contribution in [0.3, 0.4) is 0 Å². The zero-order valence-corrected chi connectivity index (χ0v) is 10.4. The fourth-order valence-corrected chi connectivity index (χ4v) is 2.44. The van der Waals surface area contributed by atoms with Gasteiger partial charge in [-0.1, -0.05) is 6.07 Å². The average Bonchev–Trinajstić information content (AvgIpc) is 2.33. The number of rotatable bonds is 3. The number of aliphatic carboxylic acids is 1. The Morgan fingerprint density at radius 1 is 1.37 bits per heavy atom. The summed E-state index contributed by atoms with van der Waals surface area (Å²) < 4.78 is 25.9. The molecule has 1 saturated heterocycles. The molecule has 104 valence electrons. The largest absolute Gasteiger partial charge is 0.481 e. The predicted octanol–water partition coefficient (Wildman–Crippen LogP) is 1.20. The van der Waals surface area contributed by atoms with Crippen LogP contribution < -0.4 is 5.73 Å². The molecule has 3 N–H and O–H groups in total.